The summed E-state index contributed by atoms with van der Waals surface area (Å²) in [6.07, 6.45) is 4.02. The number of likely N-dealkylation sites (tertiary alicyclic amines) is 2. The molecule has 0 spiro atoms. The summed E-state index contributed by atoms with van der Waals surface area (Å²) in [5, 5.41) is 13.1. The Morgan fingerprint density at radius 3 is 2.57 bits per heavy atom. The van der Waals surface area contributed by atoms with Gasteiger partial charge in [0.15, 0.2) is 5.96 Å². The number of rotatable bonds is 6. The average Bonchev–Trinajstić information content (AvgIpc) is 2.72. The van der Waals surface area contributed by atoms with Crippen LogP contribution in [0.3, 0.4) is 0 Å². The van der Waals surface area contributed by atoms with E-state index in [1.54, 1.807) is 0 Å². The summed E-state index contributed by atoms with van der Waals surface area (Å²) < 4.78 is 0. The number of hydrogen-bond donors (Lipinski definition) is 2. The van der Waals surface area contributed by atoms with Gasteiger partial charge in [0, 0.05) is 39.3 Å². The van der Waals surface area contributed by atoms with Gasteiger partial charge in [0.05, 0.1) is 6.10 Å². The summed E-state index contributed by atoms with van der Waals surface area (Å²) >= 11 is 0. The maximum absolute atomic E-state index is 9.63. The van der Waals surface area contributed by atoms with Gasteiger partial charge < -0.3 is 20.2 Å². The number of hydrogen-bond acceptors (Lipinski definition) is 3. The lowest BCUT2D eigenvalue weighted by atomic mass is 9.82. The normalized spacial score (nSPS) is 25.1. The van der Waals surface area contributed by atoms with Gasteiger partial charge in [-0.05, 0) is 56.6 Å². The van der Waals surface area contributed by atoms with Gasteiger partial charge >= 0.3 is 0 Å². The zero-order valence-electron chi connectivity index (χ0n) is 17.7. The minimum absolute atomic E-state index is 0.0876. The Kier molecular flexibility index (Phi) is 8.16. The second kappa shape index (κ2) is 10.8. The maximum atomic E-state index is 9.63. The molecule has 2 N–H and O–H groups in total. The van der Waals surface area contributed by atoms with E-state index in [1.165, 1.54) is 12.0 Å². The van der Waals surface area contributed by atoms with Crippen LogP contribution in [0.15, 0.2) is 35.3 Å². The third-order valence-electron chi connectivity index (χ3n) is 6.22. The first kappa shape index (κ1) is 21.1. The predicted octanol–water partition coefficient (Wildman–Crippen LogP) is 2.92. The number of piperidine rings is 2. The van der Waals surface area contributed by atoms with Crippen molar-refractivity contribution in [3.8, 4) is 0 Å². The molecule has 2 saturated heterocycles. The molecule has 0 aliphatic carbocycles. The monoisotopic (exact) mass is 386 g/mol. The van der Waals surface area contributed by atoms with Crippen molar-refractivity contribution in [1.82, 2.24) is 15.1 Å². The topological polar surface area (TPSA) is 51.1 Å². The van der Waals surface area contributed by atoms with Crippen molar-refractivity contribution < 1.29 is 5.11 Å². The van der Waals surface area contributed by atoms with Crippen LogP contribution in [-0.4, -0.2) is 72.8 Å². The van der Waals surface area contributed by atoms with E-state index in [-0.39, 0.29) is 6.10 Å². The Morgan fingerprint density at radius 1 is 1.14 bits per heavy atom. The third-order valence-corrected chi connectivity index (χ3v) is 6.22. The molecule has 0 saturated carbocycles. The third kappa shape index (κ3) is 5.95. The fraction of sp³-hybridized carbons (Fsp3) is 0.696. The van der Waals surface area contributed by atoms with Crippen LogP contribution in [-0.2, 0) is 0 Å². The highest BCUT2D eigenvalue weighted by atomic mass is 16.3. The summed E-state index contributed by atoms with van der Waals surface area (Å²) in [6.45, 7) is 11.6. The zero-order valence-corrected chi connectivity index (χ0v) is 17.7. The van der Waals surface area contributed by atoms with Gasteiger partial charge in [0.25, 0.3) is 0 Å². The van der Waals surface area contributed by atoms with Crippen LogP contribution in [0.1, 0.15) is 51.0 Å². The molecule has 2 unspecified atom stereocenters. The minimum atomic E-state index is -0.0876. The smallest absolute Gasteiger partial charge is 0.193 e. The molecule has 5 nitrogen and oxygen atoms in total. The predicted molar refractivity (Wildman–Crippen MR) is 117 cm³/mol. The Hall–Kier alpha value is -1.59. The van der Waals surface area contributed by atoms with Crippen LogP contribution < -0.4 is 5.32 Å². The molecule has 2 fully saturated rings. The van der Waals surface area contributed by atoms with Gasteiger partial charge in [-0.3, -0.25) is 4.99 Å². The van der Waals surface area contributed by atoms with Gasteiger partial charge in [0.1, 0.15) is 0 Å². The molecule has 1 aromatic carbocycles. The fourth-order valence-corrected chi connectivity index (χ4v) is 4.58. The van der Waals surface area contributed by atoms with Gasteiger partial charge in [-0.15, -0.1) is 0 Å². The van der Waals surface area contributed by atoms with Crippen LogP contribution in [0, 0.1) is 5.92 Å². The number of aliphatic hydroxyl groups excluding tert-OH is 1. The average molecular weight is 387 g/mol. The molecule has 0 bridgehead atoms. The van der Waals surface area contributed by atoms with E-state index in [0.717, 1.165) is 71.0 Å². The van der Waals surface area contributed by atoms with Crippen LogP contribution in [0.2, 0.25) is 0 Å². The number of nitrogens with zero attached hydrogens (tertiary/aromatic N) is 3. The van der Waals surface area contributed by atoms with Crippen molar-refractivity contribution in [3.63, 3.8) is 0 Å². The van der Waals surface area contributed by atoms with E-state index in [1.807, 2.05) is 0 Å². The lowest BCUT2D eigenvalue weighted by molar-refractivity contribution is 0.0824. The van der Waals surface area contributed by atoms with Crippen LogP contribution in [0.4, 0.5) is 0 Å². The summed E-state index contributed by atoms with van der Waals surface area (Å²) in [7, 11) is 0. The number of benzene rings is 1. The molecule has 2 aliphatic heterocycles. The first-order valence-electron chi connectivity index (χ1n) is 11.2. The van der Waals surface area contributed by atoms with E-state index in [2.05, 4.69) is 59.3 Å². The van der Waals surface area contributed by atoms with Crippen LogP contribution in [0.5, 0.6) is 0 Å². The van der Waals surface area contributed by atoms with Gasteiger partial charge in [0.2, 0.25) is 0 Å². The van der Waals surface area contributed by atoms with E-state index in [0.29, 0.717) is 11.8 Å². The first-order chi connectivity index (χ1) is 13.7. The van der Waals surface area contributed by atoms with Gasteiger partial charge in [-0.2, -0.15) is 0 Å². The molecule has 2 atom stereocenters. The molecule has 1 aromatic rings. The first-order valence-corrected chi connectivity index (χ1v) is 11.2. The largest absolute Gasteiger partial charge is 0.393 e. The molecular formula is C23H38N4O. The number of aliphatic imine (C=N–C) groups is 1. The van der Waals surface area contributed by atoms with E-state index >= 15 is 0 Å². The highest BCUT2D eigenvalue weighted by Crippen LogP contribution is 2.32. The van der Waals surface area contributed by atoms with Crippen molar-refractivity contribution in [1.29, 1.82) is 0 Å². The molecule has 3 rings (SSSR count). The molecule has 2 heterocycles. The second-order valence-corrected chi connectivity index (χ2v) is 8.39. The summed E-state index contributed by atoms with van der Waals surface area (Å²) in [5.74, 6) is 2.35. The van der Waals surface area contributed by atoms with Crippen molar-refractivity contribution in [2.75, 3.05) is 45.8 Å². The highest BCUT2D eigenvalue weighted by molar-refractivity contribution is 5.80. The van der Waals surface area contributed by atoms with Gasteiger partial charge in [-0.25, -0.2) is 0 Å². The molecule has 2 aliphatic rings. The quantitative estimate of drug-likeness (QED) is 0.448. The van der Waals surface area contributed by atoms with Crippen LogP contribution >= 0.6 is 0 Å². The highest BCUT2D eigenvalue weighted by Gasteiger charge is 2.28. The van der Waals surface area contributed by atoms with Gasteiger partial charge in [-0.1, -0.05) is 37.3 Å². The fourth-order valence-electron chi connectivity index (χ4n) is 4.58. The Balaban J connectivity index is 1.48. The maximum Gasteiger partial charge on any atom is 0.193 e. The summed E-state index contributed by atoms with van der Waals surface area (Å²) in [4.78, 5) is 9.83. The summed E-state index contributed by atoms with van der Waals surface area (Å²) in [6, 6.07) is 11.0. The van der Waals surface area contributed by atoms with Crippen molar-refractivity contribution >= 4 is 5.96 Å². The van der Waals surface area contributed by atoms with E-state index in [9.17, 15) is 5.11 Å². The van der Waals surface area contributed by atoms with Crippen LogP contribution in [0.25, 0.3) is 0 Å². The van der Waals surface area contributed by atoms with E-state index < -0.39 is 0 Å². The Bertz CT molecular complexity index is 598. The lowest BCUT2D eigenvalue weighted by Gasteiger charge is -2.39. The molecule has 0 radical (unpaired) electrons. The molecule has 156 valence electrons. The molecule has 0 amide bonds. The molecule has 5 heteroatoms. The number of aliphatic hydroxyl groups is 1. The minimum Gasteiger partial charge on any atom is -0.393 e. The van der Waals surface area contributed by atoms with E-state index in [4.69, 9.17) is 4.99 Å². The molecule has 28 heavy (non-hydrogen) atoms. The standard InChI is InChI=1S/C23H38N4O/c1-3-24-23(25-13-7-14-26-15-10-21(28)11-16-26)27-17-12-22(19(2)18-27)20-8-5-4-6-9-20/h4-6,8-9,19,21-22,28H,3,7,10-18H2,1-2H3,(H,24,25). The number of nitrogens with one attached hydrogen (secondary N) is 1. The van der Waals surface area contributed by atoms with Crippen molar-refractivity contribution in [2.24, 2.45) is 10.9 Å². The van der Waals surface area contributed by atoms with Crippen molar-refractivity contribution in [2.45, 2.75) is 51.6 Å². The molecular weight excluding hydrogens is 348 g/mol. The second-order valence-electron chi connectivity index (χ2n) is 8.39. The molecule has 0 aromatic heterocycles. The van der Waals surface area contributed by atoms with Crippen molar-refractivity contribution in [3.05, 3.63) is 35.9 Å². The Labute approximate surface area is 170 Å². The summed E-state index contributed by atoms with van der Waals surface area (Å²) in [5.41, 5.74) is 1.48. The lowest BCUT2D eigenvalue weighted by Crippen LogP contribution is -2.48. The Morgan fingerprint density at radius 2 is 1.89 bits per heavy atom. The SMILES string of the molecule is CCNC(=NCCCN1CCC(O)CC1)N1CCC(c2ccccc2)C(C)C1. The zero-order chi connectivity index (χ0) is 19.8. The number of guanidine groups is 1.